The van der Waals surface area contributed by atoms with Gasteiger partial charge in [-0.15, -0.1) is 0 Å². The number of hydrogen-bond donors (Lipinski definition) is 1. The summed E-state index contributed by atoms with van der Waals surface area (Å²) in [6.07, 6.45) is 3.54. The lowest BCUT2D eigenvalue weighted by molar-refractivity contribution is 0.0290. The van der Waals surface area contributed by atoms with Gasteiger partial charge in [0.15, 0.2) is 0 Å². The summed E-state index contributed by atoms with van der Waals surface area (Å²) in [5.74, 6) is 0. The van der Waals surface area contributed by atoms with Crippen molar-refractivity contribution in [3.05, 3.63) is 0 Å². The van der Waals surface area contributed by atoms with Gasteiger partial charge in [0.1, 0.15) is 5.60 Å². The molecule has 1 atom stereocenters. The molecule has 0 aromatic carbocycles. The smallest absolute Gasteiger partial charge is 0.410 e. The normalized spacial score (nSPS) is 24.9. The predicted octanol–water partition coefficient (Wildman–Crippen LogP) is 1.01. The monoisotopic (exact) mass is 347 g/mol. The van der Waals surface area contributed by atoms with Gasteiger partial charge in [-0.3, -0.25) is 0 Å². The van der Waals surface area contributed by atoms with Crippen LogP contribution in [0.3, 0.4) is 0 Å². The Hall–Kier alpha value is -0.860. The van der Waals surface area contributed by atoms with Crippen LogP contribution in [0.1, 0.15) is 40.0 Å². The number of carbonyl (C=O) groups is 1. The van der Waals surface area contributed by atoms with Gasteiger partial charge in [-0.25, -0.2) is 17.5 Å². The zero-order valence-electron chi connectivity index (χ0n) is 14.5. The van der Waals surface area contributed by atoms with Crippen molar-refractivity contribution < 1.29 is 17.9 Å². The Morgan fingerprint density at radius 2 is 1.65 bits per heavy atom. The lowest BCUT2D eigenvalue weighted by Gasteiger charge is -2.32. The standard InChI is InChI=1S/C15H29N3O4S/c1-15(2,3)22-14(19)17-8-5-13(11-17)16-12-6-9-18(10-7-12)23(4,20)21/h12-13,16H,5-11H2,1-4H3. The molecule has 7 nitrogen and oxygen atoms in total. The number of carbonyl (C=O) groups excluding carboxylic acids is 1. The topological polar surface area (TPSA) is 79.0 Å². The number of rotatable bonds is 3. The van der Waals surface area contributed by atoms with E-state index in [4.69, 9.17) is 4.74 Å². The molecule has 0 radical (unpaired) electrons. The van der Waals surface area contributed by atoms with Crippen molar-refractivity contribution in [3.63, 3.8) is 0 Å². The second kappa shape index (κ2) is 6.94. The van der Waals surface area contributed by atoms with Crippen molar-refractivity contribution in [1.82, 2.24) is 14.5 Å². The fourth-order valence-corrected chi connectivity index (χ4v) is 3.95. The zero-order chi connectivity index (χ0) is 17.3. The highest BCUT2D eigenvalue weighted by Gasteiger charge is 2.32. The zero-order valence-corrected chi connectivity index (χ0v) is 15.4. The van der Waals surface area contributed by atoms with Crippen LogP contribution in [0.2, 0.25) is 0 Å². The molecule has 0 aromatic rings. The van der Waals surface area contributed by atoms with Gasteiger partial charge in [0.25, 0.3) is 0 Å². The maximum absolute atomic E-state index is 12.1. The van der Waals surface area contributed by atoms with E-state index in [1.807, 2.05) is 20.8 Å². The van der Waals surface area contributed by atoms with Gasteiger partial charge in [0, 0.05) is 38.3 Å². The first kappa shape index (κ1) is 18.5. The molecule has 0 aromatic heterocycles. The van der Waals surface area contributed by atoms with Gasteiger partial charge in [0.2, 0.25) is 10.0 Å². The lowest BCUT2D eigenvalue weighted by atomic mass is 10.1. The van der Waals surface area contributed by atoms with Crippen molar-refractivity contribution >= 4 is 16.1 Å². The van der Waals surface area contributed by atoms with E-state index < -0.39 is 15.6 Å². The molecule has 0 bridgehead atoms. The summed E-state index contributed by atoms with van der Waals surface area (Å²) >= 11 is 0. The van der Waals surface area contributed by atoms with Gasteiger partial charge in [-0.05, 0) is 40.0 Å². The summed E-state index contributed by atoms with van der Waals surface area (Å²) < 4.78 is 30.0. The molecule has 2 saturated heterocycles. The molecule has 1 N–H and O–H groups in total. The van der Waals surface area contributed by atoms with Crippen LogP contribution >= 0.6 is 0 Å². The molecule has 0 aliphatic carbocycles. The fraction of sp³-hybridized carbons (Fsp3) is 0.933. The Morgan fingerprint density at radius 3 is 2.17 bits per heavy atom. The third kappa shape index (κ3) is 5.61. The minimum absolute atomic E-state index is 0.256. The number of sulfonamides is 1. The summed E-state index contributed by atoms with van der Waals surface area (Å²) in [5.41, 5.74) is -0.471. The molecular formula is C15H29N3O4S. The van der Waals surface area contributed by atoms with Crippen LogP contribution in [-0.4, -0.2) is 73.8 Å². The van der Waals surface area contributed by atoms with Crippen molar-refractivity contribution in [1.29, 1.82) is 0 Å². The third-order valence-corrected chi connectivity index (χ3v) is 5.54. The van der Waals surface area contributed by atoms with E-state index in [1.54, 1.807) is 4.90 Å². The van der Waals surface area contributed by atoms with Gasteiger partial charge in [0.05, 0.1) is 6.26 Å². The Bertz CT molecular complexity index is 521. The van der Waals surface area contributed by atoms with E-state index in [2.05, 4.69) is 5.32 Å². The molecule has 8 heteroatoms. The SMILES string of the molecule is CC(C)(C)OC(=O)N1CCC(NC2CCN(S(C)(=O)=O)CC2)C1. The molecule has 1 unspecified atom stereocenters. The van der Waals surface area contributed by atoms with Crippen LogP contribution in [0, 0.1) is 0 Å². The minimum atomic E-state index is -3.08. The minimum Gasteiger partial charge on any atom is -0.444 e. The highest BCUT2D eigenvalue weighted by molar-refractivity contribution is 7.88. The molecule has 1 amide bonds. The number of likely N-dealkylation sites (tertiary alicyclic amines) is 1. The van der Waals surface area contributed by atoms with Crippen molar-refractivity contribution in [2.45, 2.75) is 57.7 Å². The number of nitrogens with zero attached hydrogens (tertiary/aromatic N) is 2. The summed E-state index contributed by atoms with van der Waals surface area (Å²) in [7, 11) is -3.08. The molecule has 2 heterocycles. The fourth-order valence-electron chi connectivity index (χ4n) is 3.08. The molecule has 2 aliphatic heterocycles. The van der Waals surface area contributed by atoms with E-state index in [-0.39, 0.29) is 12.1 Å². The largest absolute Gasteiger partial charge is 0.444 e. The second-order valence-corrected chi connectivity index (χ2v) is 9.50. The number of ether oxygens (including phenoxy) is 1. The summed E-state index contributed by atoms with van der Waals surface area (Å²) in [6.45, 7) is 8.10. The predicted molar refractivity (Wildman–Crippen MR) is 88.8 cm³/mol. The first-order valence-corrected chi connectivity index (χ1v) is 10.1. The summed E-state index contributed by atoms with van der Waals surface area (Å²) in [5, 5.41) is 3.57. The molecule has 2 fully saturated rings. The van der Waals surface area contributed by atoms with Crippen molar-refractivity contribution in [2.24, 2.45) is 0 Å². The molecule has 23 heavy (non-hydrogen) atoms. The molecule has 0 saturated carbocycles. The number of amides is 1. The van der Waals surface area contributed by atoms with Gasteiger partial charge < -0.3 is 15.0 Å². The highest BCUT2D eigenvalue weighted by atomic mass is 32.2. The van der Waals surface area contributed by atoms with Crippen LogP contribution in [0.25, 0.3) is 0 Å². The van der Waals surface area contributed by atoms with E-state index in [1.165, 1.54) is 10.6 Å². The summed E-state index contributed by atoms with van der Waals surface area (Å²) in [6, 6.07) is 0.578. The Morgan fingerprint density at radius 1 is 1.09 bits per heavy atom. The average Bonchev–Trinajstić information content (AvgIpc) is 2.85. The van der Waals surface area contributed by atoms with Crippen LogP contribution in [0.4, 0.5) is 4.79 Å². The van der Waals surface area contributed by atoms with Crippen molar-refractivity contribution in [3.8, 4) is 0 Å². The second-order valence-electron chi connectivity index (χ2n) is 7.51. The molecular weight excluding hydrogens is 318 g/mol. The quantitative estimate of drug-likeness (QED) is 0.824. The van der Waals surface area contributed by atoms with E-state index >= 15 is 0 Å². The first-order chi connectivity index (χ1) is 10.5. The Kier molecular flexibility index (Phi) is 5.58. The van der Waals surface area contributed by atoms with Crippen molar-refractivity contribution in [2.75, 3.05) is 32.4 Å². The van der Waals surface area contributed by atoms with Crippen LogP contribution in [-0.2, 0) is 14.8 Å². The average molecular weight is 347 g/mol. The van der Waals surface area contributed by atoms with E-state index in [0.717, 1.165) is 19.3 Å². The van der Waals surface area contributed by atoms with Gasteiger partial charge >= 0.3 is 6.09 Å². The van der Waals surface area contributed by atoms with E-state index in [9.17, 15) is 13.2 Å². The lowest BCUT2D eigenvalue weighted by Crippen LogP contribution is -2.48. The molecule has 2 rings (SSSR count). The number of nitrogens with one attached hydrogen (secondary N) is 1. The van der Waals surface area contributed by atoms with Gasteiger partial charge in [-0.2, -0.15) is 0 Å². The molecule has 134 valence electrons. The van der Waals surface area contributed by atoms with Crippen LogP contribution in [0.15, 0.2) is 0 Å². The van der Waals surface area contributed by atoms with Crippen LogP contribution < -0.4 is 5.32 Å². The maximum Gasteiger partial charge on any atom is 0.410 e. The first-order valence-electron chi connectivity index (χ1n) is 8.24. The third-order valence-electron chi connectivity index (χ3n) is 4.23. The maximum atomic E-state index is 12.1. The Balaban J connectivity index is 1.75. The number of piperidine rings is 1. The Labute approximate surface area is 139 Å². The van der Waals surface area contributed by atoms with Gasteiger partial charge in [-0.1, -0.05) is 0 Å². The highest BCUT2D eigenvalue weighted by Crippen LogP contribution is 2.18. The van der Waals surface area contributed by atoms with E-state index in [0.29, 0.717) is 32.2 Å². The number of hydrogen-bond acceptors (Lipinski definition) is 5. The van der Waals surface area contributed by atoms with Crippen LogP contribution in [0.5, 0.6) is 0 Å². The molecule has 2 aliphatic rings. The summed E-state index contributed by atoms with van der Waals surface area (Å²) in [4.78, 5) is 13.8. The molecule has 0 spiro atoms.